The molecule has 2 aromatic heterocycles. The molecule has 96 valence electrons. The number of pyridine rings is 1. The van der Waals surface area contributed by atoms with Crippen molar-refractivity contribution in [2.24, 2.45) is 0 Å². The number of hydrogen-bond acceptors (Lipinski definition) is 3. The van der Waals surface area contributed by atoms with Gasteiger partial charge in [-0.05, 0) is 61.0 Å². The van der Waals surface area contributed by atoms with Gasteiger partial charge in [-0.25, -0.2) is 0 Å². The molecular formula is C15H20N2S. The molecule has 0 saturated carbocycles. The molecule has 0 amide bonds. The highest BCUT2D eigenvalue weighted by molar-refractivity contribution is 7.10. The fraction of sp³-hybridized carbons (Fsp3) is 0.400. The predicted molar refractivity (Wildman–Crippen MR) is 78.2 cm³/mol. The van der Waals surface area contributed by atoms with Gasteiger partial charge in [-0.1, -0.05) is 6.92 Å². The van der Waals surface area contributed by atoms with Crippen LogP contribution >= 0.6 is 11.3 Å². The van der Waals surface area contributed by atoms with Crippen molar-refractivity contribution in [3.8, 4) is 0 Å². The molecule has 0 aliphatic carbocycles. The Kier molecular flexibility index (Phi) is 4.50. The van der Waals surface area contributed by atoms with E-state index in [1.54, 1.807) is 0 Å². The molecular weight excluding hydrogens is 240 g/mol. The average molecular weight is 260 g/mol. The zero-order chi connectivity index (χ0) is 13.0. The molecule has 0 aromatic carbocycles. The van der Waals surface area contributed by atoms with Crippen molar-refractivity contribution < 1.29 is 0 Å². The topological polar surface area (TPSA) is 24.9 Å². The van der Waals surface area contributed by atoms with Gasteiger partial charge >= 0.3 is 0 Å². The molecule has 2 rings (SSSR count). The van der Waals surface area contributed by atoms with E-state index in [0.29, 0.717) is 6.04 Å². The van der Waals surface area contributed by atoms with Gasteiger partial charge in [0, 0.05) is 17.3 Å². The lowest BCUT2D eigenvalue weighted by atomic mass is 10.00. The SMILES string of the molecule is CCCNC(c1ccncc1C)c1sccc1C. The number of aromatic nitrogens is 1. The molecule has 1 atom stereocenters. The number of nitrogens with one attached hydrogen (secondary N) is 1. The first-order chi connectivity index (χ1) is 8.74. The van der Waals surface area contributed by atoms with Gasteiger partial charge in [-0.2, -0.15) is 0 Å². The van der Waals surface area contributed by atoms with E-state index in [9.17, 15) is 0 Å². The Balaban J connectivity index is 2.37. The van der Waals surface area contributed by atoms with Crippen LogP contribution < -0.4 is 5.32 Å². The van der Waals surface area contributed by atoms with E-state index in [1.807, 2.05) is 23.7 Å². The summed E-state index contributed by atoms with van der Waals surface area (Å²) in [4.78, 5) is 5.60. The van der Waals surface area contributed by atoms with Gasteiger partial charge in [-0.15, -0.1) is 11.3 Å². The Hall–Kier alpha value is -1.19. The fourth-order valence-electron chi connectivity index (χ4n) is 2.12. The van der Waals surface area contributed by atoms with Crippen LogP contribution in [0.5, 0.6) is 0 Å². The molecule has 0 radical (unpaired) electrons. The van der Waals surface area contributed by atoms with Gasteiger partial charge in [-0.3, -0.25) is 4.98 Å². The molecule has 1 unspecified atom stereocenters. The summed E-state index contributed by atoms with van der Waals surface area (Å²) >= 11 is 1.83. The van der Waals surface area contributed by atoms with Gasteiger partial charge in [0.05, 0.1) is 6.04 Å². The number of thiophene rings is 1. The standard InChI is InChI=1S/C15H20N2S/c1-4-7-17-14(15-11(2)6-9-18-15)13-5-8-16-10-12(13)3/h5-6,8-10,14,17H,4,7H2,1-3H3. The Labute approximate surface area is 113 Å². The second-order valence-corrected chi connectivity index (χ2v) is 5.53. The van der Waals surface area contributed by atoms with Crippen molar-refractivity contribution in [1.82, 2.24) is 10.3 Å². The average Bonchev–Trinajstić information content (AvgIpc) is 2.78. The zero-order valence-electron chi connectivity index (χ0n) is 11.2. The van der Waals surface area contributed by atoms with Crippen LogP contribution in [-0.2, 0) is 0 Å². The van der Waals surface area contributed by atoms with E-state index in [1.165, 1.54) is 21.6 Å². The number of hydrogen-bond donors (Lipinski definition) is 1. The van der Waals surface area contributed by atoms with Crippen LogP contribution in [0, 0.1) is 13.8 Å². The molecule has 0 bridgehead atoms. The van der Waals surface area contributed by atoms with E-state index in [2.05, 4.69) is 48.6 Å². The molecule has 3 heteroatoms. The molecule has 0 fully saturated rings. The molecule has 0 saturated heterocycles. The minimum Gasteiger partial charge on any atom is -0.306 e. The highest BCUT2D eigenvalue weighted by Crippen LogP contribution is 2.30. The normalized spacial score (nSPS) is 12.6. The van der Waals surface area contributed by atoms with Crippen LogP contribution in [0.4, 0.5) is 0 Å². The Bertz CT molecular complexity index is 505. The summed E-state index contributed by atoms with van der Waals surface area (Å²) in [6.45, 7) is 7.55. The van der Waals surface area contributed by atoms with Crippen LogP contribution in [-0.4, -0.2) is 11.5 Å². The van der Waals surface area contributed by atoms with Crippen LogP contribution in [0.25, 0.3) is 0 Å². The van der Waals surface area contributed by atoms with Crippen molar-refractivity contribution in [2.45, 2.75) is 33.2 Å². The maximum Gasteiger partial charge on any atom is 0.0677 e. The first-order valence-corrected chi connectivity index (χ1v) is 7.30. The summed E-state index contributed by atoms with van der Waals surface area (Å²) in [5.74, 6) is 0. The molecule has 0 aliphatic rings. The van der Waals surface area contributed by atoms with Crippen LogP contribution in [0.3, 0.4) is 0 Å². The number of rotatable bonds is 5. The predicted octanol–water partition coefficient (Wildman–Crippen LogP) is 3.85. The molecule has 0 aliphatic heterocycles. The van der Waals surface area contributed by atoms with Crippen molar-refractivity contribution in [3.05, 3.63) is 51.5 Å². The summed E-state index contributed by atoms with van der Waals surface area (Å²) in [7, 11) is 0. The first kappa shape index (κ1) is 13.2. The van der Waals surface area contributed by atoms with Crippen molar-refractivity contribution in [2.75, 3.05) is 6.54 Å². The molecule has 2 nitrogen and oxygen atoms in total. The summed E-state index contributed by atoms with van der Waals surface area (Å²) in [5.41, 5.74) is 3.95. The zero-order valence-corrected chi connectivity index (χ0v) is 12.1. The Morgan fingerprint density at radius 1 is 1.28 bits per heavy atom. The number of aryl methyl sites for hydroxylation is 2. The van der Waals surface area contributed by atoms with Crippen LogP contribution in [0.2, 0.25) is 0 Å². The lowest BCUT2D eigenvalue weighted by molar-refractivity contribution is 0.601. The first-order valence-electron chi connectivity index (χ1n) is 6.42. The highest BCUT2D eigenvalue weighted by atomic mass is 32.1. The fourth-order valence-corrected chi connectivity index (χ4v) is 3.14. The Morgan fingerprint density at radius 3 is 2.72 bits per heavy atom. The van der Waals surface area contributed by atoms with Gasteiger partial charge < -0.3 is 5.32 Å². The lowest BCUT2D eigenvalue weighted by Gasteiger charge is -2.20. The third-order valence-electron chi connectivity index (χ3n) is 3.14. The molecule has 2 heterocycles. The number of nitrogens with zero attached hydrogens (tertiary/aromatic N) is 1. The molecule has 0 spiro atoms. The van der Waals surface area contributed by atoms with Gasteiger partial charge in [0.25, 0.3) is 0 Å². The van der Waals surface area contributed by atoms with Gasteiger partial charge in [0.2, 0.25) is 0 Å². The largest absolute Gasteiger partial charge is 0.306 e. The molecule has 1 N–H and O–H groups in total. The summed E-state index contributed by atoms with van der Waals surface area (Å²) in [5, 5.41) is 5.82. The van der Waals surface area contributed by atoms with E-state index in [4.69, 9.17) is 0 Å². The summed E-state index contributed by atoms with van der Waals surface area (Å²) in [6.07, 6.45) is 4.97. The lowest BCUT2D eigenvalue weighted by Crippen LogP contribution is -2.23. The van der Waals surface area contributed by atoms with Crippen molar-refractivity contribution in [1.29, 1.82) is 0 Å². The van der Waals surface area contributed by atoms with E-state index < -0.39 is 0 Å². The smallest absolute Gasteiger partial charge is 0.0677 e. The highest BCUT2D eigenvalue weighted by Gasteiger charge is 2.18. The minimum atomic E-state index is 0.299. The van der Waals surface area contributed by atoms with E-state index >= 15 is 0 Å². The van der Waals surface area contributed by atoms with Crippen molar-refractivity contribution in [3.63, 3.8) is 0 Å². The van der Waals surface area contributed by atoms with E-state index in [-0.39, 0.29) is 0 Å². The van der Waals surface area contributed by atoms with Gasteiger partial charge in [0.1, 0.15) is 0 Å². The van der Waals surface area contributed by atoms with Crippen LogP contribution in [0.1, 0.15) is 41.0 Å². The quantitative estimate of drug-likeness (QED) is 0.883. The third kappa shape index (κ3) is 2.79. The minimum absolute atomic E-state index is 0.299. The van der Waals surface area contributed by atoms with Crippen molar-refractivity contribution >= 4 is 11.3 Å². The third-order valence-corrected chi connectivity index (χ3v) is 4.22. The molecule has 2 aromatic rings. The summed E-state index contributed by atoms with van der Waals surface area (Å²) < 4.78 is 0. The maximum atomic E-state index is 4.19. The monoisotopic (exact) mass is 260 g/mol. The Morgan fingerprint density at radius 2 is 2.11 bits per heavy atom. The van der Waals surface area contributed by atoms with Gasteiger partial charge in [0.15, 0.2) is 0 Å². The molecule has 18 heavy (non-hydrogen) atoms. The summed E-state index contributed by atoms with van der Waals surface area (Å²) in [6, 6.07) is 4.62. The maximum absolute atomic E-state index is 4.19. The van der Waals surface area contributed by atoms with E-state index in [0.717, 1.165) is 13.0 Å². The van der Waals surface area contributed by atoms with Crippen LogP contribution in [0.15, 0.2) is 29.9 Å². The second-order valence-electron chi connectivity index (χ2n) is 4.59. The second kappa shape index (κ2) is 6.12.